The number of hydrogen-bond acceptors (Lipinski definition) is 8. The highest BCUT2D eigenvalue weighted by atomic mass is 31.2. The number of aliphatic hydroxyl groups excluding tert-OH is 1. The minimum atomic E-state index is -4.20. The van der Waals surface area contributed by atoms with Crippen LogP contribution in [0.2, 0.25) is 0 Å². The molecule has 0 bridgehead atoms. The molecule has 1 fully saturated rings. The first-order valence-corrected chi connectivity index (χ1v) is 13.0. The molecule has 0 saturated carbocycles. The Hall–Kier alpha value is -3.30. The molecule has 0 spiro atoms. The van der Waals surface area contributed by atoms with Crippen LogP contribution in [0.1, 0.15) is 18.2 Å². The number of nitriles is 1. The summed E-state index contributed by atoms with van der Waals surface area (Å²) in [5.41, 5.74) is 7.18. The van der Waals surface area contributed by atoms with Crippen molar-refractivity contribution >= 4 is 30.0 Å². The number of rotatable bonds is 8. The quantitative estimate of drug-likeness (QED) is 0.219. The zero-order valence-electron chi connectivity index (χ0n) is 19.4. The molecule has 5 rings (SSSR count). The molecule has 6 N–H and O–H groups in total. The van der Waals surface area contributed by atoms with Crippen LogP contribution in [0.25, 0.3) is 16.4 Å². The number of nitrogens with one attached hydrogen (secondary N) is 2. The maximum absolute atomic E-state index is 12.6. The molecule has 36 heavy (non-hydrogen) atoms. The van der Waals surface area contributed by atoms with E-state index in [-0.39, 0.29) is 12.4 Å². The van der Waals surface area contributed by atoms with Gasteiger partial charge in [-0.15, -0.1) is 0 Å². The fraction of sp³-hybridized carbons (Fsp3) is 0.348. The molecule has 4 heterocycles. The number of para-hydroxylation sites is 1. The van der Waals surface area contributed by atoms with Gasteiger partial charge in [-0.05, 0) is 30.2 Å². The number of aromatic nitrogens is 4. The second-order valence-corrected chi connectivity index (χ2v) is 10.4. The number of ether oxygens (including phenoxy) is 1. The zero-order chi connectivity index (χ0) is 25.5. The van der Waals surface area contributed by atoms with E-state index in [1.54, 1.807) is 19.1 Å². The third kappa shape index (κ3) is 4.16. The standard InChI is InChI=1S/C23H26N7O5P/c1-14-21(31)19(35-23(14,12-24)20-7-6-18-22(25)27-13-28-30(18)20)11-34-36(32,33)29-9-8-15-10-26-17-5-3-2-4-16(15)17/h2-7,10,13-14,19,21,26,31H,8-9,11H2,1H3,(H2,25,27,28)(H2,29,32,33)/t14-,19+,21-,23+/m0/s1. The number of nitrogens with two attached hydrogens (primary N) is 1. The Morgan fingerprint density at radius 2 is 2.19 bits per heavy atom. The number of aliphatic hydroxyl groups is 1. The van der Waals surface area contributed by atoms with Crippen molar-refractivity contribution in [3.63, 3.8) is 0 Å². The van der Waals surface area contributed by atoms with Crippen molar-refractivity contribution in [3.8, 4) is 6.07 Å². The van der Waals surface area contributed by atoms with Crippen molar-refractivity contribution in [3.05, 3.63) is 60.2 Å². The second-order valence-electron chi connectivity index (χ2n) is 8.78. The van der Waals surface area contributed by atoms with Crippen LogP contribution in [0.15, 0.2) is 48.9 Å². The van der Waals surface area contributed by atoms with E-state index < -0.39 is 38.1 Å². The molecule has 1 aliphatic rings. The number of nitrogens with zero attached hydrogens (tertiary/aromatic N) is 4. The Morgan fingerprint density at radius 1 is 1.39 bits per heavy atom. The summed E-state index contributed by atoms with van der Waals surface area (Å²) in [6.45, 7) is 1.46. The van der Waals surface area contributed by atoms with E-state index in [0.29, 0.717) is 17.6 Å². The molecule has 13 heteroatoms. The predicted molar refractivity (Wildman–Crippen MR) is 131 cm³/mol. The molecule has 0 amide bonds. The van der Waals surface area contributed by atoms with Crippen LogP contribution in [0, 0.1) is 17.2 Å². The molecular weight excluding hydrogens is 485 g/mol. The summed E-state index contributed by atoms with van der Waals surface area (Å²) in [7, 11) is -4.20. The average molecular weight is 511 g/mol. The molecule has 5 atom stereocenters. The van der Waals surface area contributed by atoms with Crippen molar-refractivity contribution in [2.45, 2.75) is 31.2 Å². The number of fused-ring (bicyclic) bond motifs is 2. The minimum absolute atomic E-state index is 0.194. The van der Waals surface area contributed by atoms with Crippen LogP contribution in [0.4, 0.5) is 5.82 Å². The Kier molecular flexibility index (Phi) is 6.30. The normalized spacial score (nSPS) is 25.8. The van der Waals surface area contributed by atoms with Gasteiger partial charge in [-0.25, -0.2) is 19.2 Å². The Bertz CT molecular complexity index is 1500. The molecule has 1 unspecified atom stereocenters. The van der Waals surface area contributed by atoms with Crippen molar-refractivity contribution in [2.75, 3.05) is 18.9 Å². The average Bonchev–Trinajstić information content (AvgIpc) is 3.55. The van der Waals surface area contributed by atoms with Gasteiger partial charge in [0.05, 0.1) is 18.4 Å². The van der Waals surface area contributed by atoms with Crippen molar-refractivity contribution in [1.82, 2.24) is 24.7 Å². The Morgan fingerprint density at radius 3 is 3.00 bits per heavy atom. The number of nitrogen functional groups attached to an aromatic ring is 1. The van der Waals surface area contributed by atoms with E-state index in [2.05, 4.69) is 26.2 Å². The van der Waals surface area contributed by atoms with Gasteiger partial charge in [0.2, 0.25) is 5.60 Å². The molecule has 0 radical (unpaired) electrons. The summed E-state index contributed by atoms with van der Waals surface area (Å²) < 4.78 is 25.3. The van der Waals surface area contributed by atoms with Gasteiger partial charge < -0.3 is 25.5 Å². The maximum atomic E-state index is 12.6. The molecule has 1 aromatic carbocycles. The summed E-state index contributed by atoms with van der Waals surface area (Å²) in [5, 5.41) is 28.7. The summed E-state index contributed by atoms with van der Waals surface area (Å²) >= 11 is 0. The molecule has 4 aromatic rings. The fourth-order valence-electron chi connectivity index (χ4n) is 4.71. The van der Waals surface area contributed by atoms with Crippen LogP contribution in [0.5, 0.6) is 0 Å². The molecular formula is C23H26N7O5P. The highest BCUT2D eigenvalue weighted by Gasteiger charge is 2.56. The molecule has 1 aliphatic heterocycles. The van der Waals surface area contributed by atoms with Crippen molar-refractivity contribution in [1.29, 1.82) is 5.26 Å². The van der Waals surface area contributed by atoms with E-state index >= 15 is 0 Å². The number of H-pyrrole nitrogens is 1. The molecule has 1 saturated heterocycles. The fourth-order valence-corrected chi connectivity index (χ4v) is 5.55. The largest absolute Gasteiger partial charge is 0.403 e. The first-order chi connectivity index (χ1) is 17.3. The van der Waals surface area contributed by atoms with E-state index in [9.17, 15) is 19.8 Å². The first-order valence-electron chi connectivity index (χ1n) is 11.4. The number of anilines is 1. The minimum Gasteiger partial charge on any atom is -0.390 e. The molecule has 0 aliphatic carbocycles. The van der Waals surface area contributed by atoms with Gasteiger partial charge in [0.1, 0.15) is 24.0 Å². The summed E-state index contributed by atoms with van der Waals surface area (Å²) in [5.74, 6) is -0.464. The number of hydrogen-bond donors (Lipinski definition) is 5. The van der Waals surface area contributed by atoms with Gasteiger partial charge in [0, 0.05) is 29.6 Å². The van der Waals surface area contributed by atoms with Gasteiger partial charge in [-0.3, -0.25) is 4.52 Å². The number of benzene rings is 1. The molecule has 188 valence electrons. The zero-order valence-corrected chi connectivity index (χ0v) is 20.3. The van der Waals surface area contributed by atoms with Crippen LogP contribution >= 0.6 is 7.75 Å². The van der Waals surface area contributed by atoms with Crippen LogP contribution < -0.4 is 10.8 Å². The topological polar surface area (TPSA) is 184 Å². The van der Waals surface area contributed by atoms with Gasteiger partial charge in [-0.2, -0.15) is 10.4 Å². The third-order valence-electron chi connectivity index (χ3n) is 6.69. The highest BCUT2D eigenvalue weighted by Crippen LogP contribution is 2.46. The highest BCUT2D eigenvalue weighted by molar-refractivity contribution is 7.50. The Balaban J connectivity index is 1.25. The van der Waals surface area contributed by atoms with Crippen LogP contribution in [-0.4, -0.2) is 54.9 Å². The summed E-state index contributed by atoms with van der Waals surface area (Å²) in [6, 6.07) is 13.3. The van der Waals surface area contributed by atoms with E-state index in [4.69, 9.17) is 15.0 Å². The van der Waals surface area contributed by atoms with E-state index in [1.807, 2.05) is 30.5 Å². The lowest BCUT2D eigenvalue weighted by molar-refractivity contribution is -0.0516. The lowest BCUT2D eigenvalue weighted by Crippen LogP contribution is -2.34. The smallest absolute Gasteiger partial charge is 0.390 e. The second kappa shape index (κ2) is 9.29. The van der Waals surface area contributed by atoms with Gasteiger partial charge in [0.25, 0.3) is 0 Å². The maximum Gasteiger partial charge on any atom is 0.403 e. The van der Waals surface area contributed by atoms with Gasteiger partial charge in [0.15, 0.2) is 5.82 Å². The van der Waals surface area contributed by atoms with E-state index in [1.165, 1.54) is 10.8 Å². The molecule has 12 nitrogen and oxygen atoms in total. The first kappa shape index (κ1) is 24.4. The van der Waals surface area contributed by atoms with Gasteiger partial charge in [-0.1, -0.05) is 25.1 Å². The summed E-state index contributed by atoms with van der Waals surface area (Å²) in [6.07, 6.45) is 1.46. The Labute approximate surface area is 206 Å². The van der Waals surface area contributed by atoms with Crippen molar-refractivity contribution < 1.29 is 23.8 Å². The SMILES string of the molecule is C[C@H]1[C@H](O)[C@@H](COP(=O)(O)NCCc2c[nH]c3ccccc23)O[C@@]1(C#N)c1ccc2c(N)ncnn12. The lowest BCUT2D eigenvalue weighted by atomic mass is 9.85. The van der Waals surface area contributed by atoms with Crippen molar-refractivity contribution in [2.24, 2.45) is 5.92 Å². The van der Waals surface area contributed by atoms with E-state index in [0.717, 1.165) is 16.5 Å². The third-order valence-corrected chi connectivity index (χ3v) is 7.82. The number of aromatic amines is 1. The van der Waals surface area contributed by atoms with Crippen LogP contribution in [-0.2, 0) is 25.8 Å². The van der Waals surface area contributed by atoms with Crippen LogP contribution in [0.3, 0.4) is 0 Å². The lowest BCUT2D eigenvalue weighted by Gasteiger charge is -2.25. The monoisotopic (exact) mass is 511 g/mol. The predicted octanol–water partition coefficient (Wildman–Crippen LogP) is 1.86. The molecule has 3 aromatic heterocycles. The van der Waals surface area contributed by atoms with Gasteiger partial charge >= 0.3 is 7.75 Å². The summed E-state index contributed by atoms with van der Waals surface area (Å²) in [4.78, 5) is 17.4.